The highest BCUT2D eigenvalue weighted by molar-refractivity contribution is 7.07. The van der Waals surface area contributed by atoms with Crippen molar-refractivity contribution in [2.24, 2.45) is 0 Å². The number of nitrogens with zero attached hydrogens (tertiary/aromatic N) is 3. The average molecular weight is 322 g/mol. The monoisotopic (exact) mass is 322 g/mol. The van der Waals surface area contributed by atoms with Gasteiger partial charge in [-0.15, -0.1) is 0 Å². The van der Waals surface area contributed by atoms with Gasteiger partial charge in [-0.3, -0.25) is 14.9 Å². The molecule has 0 aromatic carbocycles. The summed E-state index contributed by atoms with van der Waals surface area (Å²) in [6, 6.07) is 11.2. The summed E-state index contributed by atoms with van der Waals surface area (Å²) in [6.45, 7) is 0. The fourth-order valence-electron chi connectivity index (χ4n) is 2.53. The van der Waals surface area contributed by atoms with Crippen molar-refractivity contribution in [2.75, 3.05) is 0 Å². The first kappa shape index (κ1) is 13.9. The van der Waals surface area contributed by atoms with Crippen LogP contribution in [0.2, 0.25) is 0 Å². The molecule has 0 fully saturated rings. The molecule has 4 rings (SSSR count). The minimum atomic E-state index is -0.0995. The van der Waals surface area contributed by atoms with E-state index in [0.717, 1.165) is 29.9 Å². The van der Waals surface area contributed by atoms with E-state index in [1.807, 2.05) is 24.3 Å². The number of pyridine rings is 1. The molecule has 6 heteroatoms. The van der Waals surface area contributed by atoms with E-state index in [0.29, 0.717) is 5.65 Å². The number of H-pyrrole nitrogens is 1. The molecule has 0 spiro atoms. The van der Waals surface area contributed by atoms with E-state index in [9.17, 15) is 4.79 Å². The van der Waals surface area contributed by atoms with E-state index in [4.69, 9.17) is 0 Å². The van der Waals surface area contributed by atoms with Crippen molar-refractivity contribution in [1.82, 2.24) is 19.6 Å². The van der Waals surface area contributed by atoms with Crippen LogP contribution in [-0.4, -0.2) is 19.6 Å². The van der Waals surface area contributed by atoms with Crippen LogP contribution in [0.1, 0.15) is 11.3 Å². The van der Waals surface area contributed by atoms with Gasteiger partial charge in [0.25, 0.3) is 5.56 Å². The lowest BCUT2D eigenvalue weighted by atomic mass is 10.1. The largest absolute Gasteiger partial charge is 0.287 e. The normalized spacial score (nSPS) is 11.1. The summed E-state index contributed by atoms with van der Waals surface area (Å²) >= 11 is 1.68. The molecular weight excluding hydrogens is 308 g/mol. The molecule has 4 aromatic heterocycles. The van der Waals surface area contributed by atoms with Crippen molar-refractivity contribution in [3.8, 4) is 11.4 Å². The number of aryl methyl sites for hydroxylation is 2. The molecular formula is C17H14N4OS. The number of thiophene rings is 1. The van der Waals surface area contributed by atoms with E-state index in [1.165, 1.54) is 10.1 Å². The second-order valence-electron chi connectivity index (χ2n) is 5.30. The SMILES string of the molecule is O=c1cc(CCc2ccsc2)nc2cc(-c3ccccn3)[nH]n12. The Kier molecular flexibility index (Phi) is 3.51. The van der Waals surface area contributed by atoms with Crippen LogP contribution in [0, 0.1) is 0 Å². The minimum absolute atomic E-state index is 0.0995. The second kappa shape index (κ2) is 5.81. The van der Waals surface area contributed by atoms with Gasteiger partial charge in [0.05, 0.1) is 11.4 Å². The van der Waals surface area contributed by atoms with Crippen LogP contribution in [0.5, 0.6) is 0 Å². The second-order valence-corrected chi connectivity index (χ2v) is 6.08. The Morgan fingerprint density at radius 3 is 2.91 bits per heavy atom. The van der Waals surface area contributed by atoms with Crippen molar-refractivity contribution in [3.05, 3.63) is 75.0 Å². The first-order chi connectivity index (χ1) is 11.3. The van der Waals surface area contributed by atoms with Crippen LogP contribution in [0.4, 0.5) is 0 Å². The fraction of sp³-hybridized carbons (Fsp3) is 0.118. The third-order valence-electron chi connectivity index (χ3n) is 3.69. The first-order valence-corrected chi connectivity index (χ1v) is 8.28. The quantitative estimate of drug-likeness (QED) is 0.628. The zero-order valence-corrected chi connectivity index (χ0v) is 13.1. The predicted molar refractivity (Wildman–Crippen MR) is 90.8 cm³/mol. The molecule has 0 unspecified atom stereocenters. The molecule has 23 heavy (non-hydrogen) atoms. The Morgan fingerprint density at radius 2 is 2.13 bits per heavy atom. The fourth-order valence-corrected chi connectivity index (χ4v) is 3.23. The Hall–Kier alpha value is -2.73. The molecule has 0 bridgehead atoms. The molecule has 114 valence electrons. The molecule has 0 aliphatic heterocycles. The average Bonchev–Trinajstić information content (AvgIpc) is 3.23. The standard InChI is InChI=1S/C17H14N4OS/c22-17-9-13(5-4-12-6-8-23-11-12)19-16-10-15(20-21(16)17)14-3-1-2-7-18-14/h1-3,6-11,20H,4-5H2. The maximum atomic E-state index is 12.3. The van der Waals surface area contributed by atoms with Crippen molar-refractivity contribution in [3.63, 3.8) is 0 Å². The van der Waals surface area contributed by atoms with E-state index >= 15 is 0 Å². The molecule has 0 amide bonds. The summed E-state index contributed by atoms with van der Waals surface area (Å²) in [6.07, 6.45) is 3.37. The highest BCUT2D eigenvalue weighted by Gasteiger charge is 2.08. The molecule has 0 saturated carbocycles. The molecule has 4 aromatic rings. The maximum Gasteiger partial charge on any atom is 0.272 e. The lowest BCUT2D eigenvalue weighted by molar-refractivity contribution is 0.854. The summed E-state index contributed by atoms with van der Waals surface area (Å²) in [7, 11) is 0. The van der Waals surface area contributed by atoms with Gasteiger partial charge >= 0.3 is 0 Å². The van der Waals surface area contributed by atoms with Gasteiger partial charge in [-0.05, 0) is 47.4 Å². The van der Waals surface area contributed by atoms with Crippen molar-refractivity contribution >= 4 is 17.0 Å². The Labute approximate surface area is 136 Å². The molecule has 5 nitrogen and oxygen atoms in total. The van der Waals surface area contributed by atoms with Gasteiger partial charge in [0.1, 0.15) is 0 Å². The zero-order chi connectivity index (χ0) is 15.6. The number of hydrogen-bond acceptors (Lipinski definition) is 4. The molecule has 1 N–H and O–H groups in total. The lowest BCUT2D eigenvalue weighted by Crippen LogP contribution is -2.15. The van der Waals surface area contributed by atoms with E-state index in [-0.39, 0.29) is 5.56 Å². The molecule has 0 radical (unpaired) electrons. The van der Waals surface area contributed by atoms with Gasteiger partial charge in [-0.2, -0.15) is 11.3 Å². The maximum absolute atomic E-state index is 12.3. The van der Waals surface area contributed by atoms with Gasteiger partial charge in [-0.1, -0.05) is 6.07 Å². The number of nitrogens with one attached hydrogen (secondary N) is 1. The lowest BCUT2D eigenvalue weighted by Gasteiger charge is -2.00. The smallest absolute Gasteiger partial charge is 0.272 e. The number of fused-ring (bicyclic) bond motifs is 1. The van der Waals surface area contributed by atoms with Gasteiger partial charge in [-0.25, -0.2) is 9.50 Å². The third-order valence-corrected chi connectivity index (χ3v) is 4.43. The number of rotatable bonds is 4. The van der Waals surface area contributed by atoms with Crippen molar-refractivity contribution in [2.45, 2.75) is 12.8 Å². The van der Waals surface area contributed by atoms with Crippen LogP contribution < -0.4 is 5.56 Å². The van der Waals surface area contributed by atoms with Gasteiger partial charge in [0.2, 0.25) is 0 Å². The van der Waals surface area contributed by atoms with Crippen molar-refractivity contribution in [1.29, 1.82) is 0 Å². The van der Waals surface area contributed by atoms with E-state index in [1.54, 1.807) is 23.6 Å². The number of aromatic amines is 1. The highest BCUT2D eigenvalue weighted by Crippen LogP contribution is 2.16. The molecule has 0 saturated heterocycles. The molecule has 4 heterocycles. The van der Waals surface area contributed by atoms with E-state index < -0.39 is 0 Å². The Balaban J connectivity index is 1.68. The number of aromatic nitrogens is 4. The van der Waals surface area contributed by atoms with Crippen LogP contribution in [-0.2, 0) is 12.8 Å². The van der Waals surface area contributed by atoms with Gasteiger partial charge in [0.15, 0.2) is 5.65 Å². The predicted octanol–water partition coefficient (Wildman–Crippen LogP) is 2.93. The topological polar surface area (TPSA) is 63.0 Å². The van der Waals surface area contributed by atoms with Gasteiger partial charge in [0, 0.05) is 24.0 Å². The van der Waals surface area contributed by atoms with E-state index in [2.05, 4.69) is 31.9 Å². The summed E-state index contributed by atoms with van der Waals surface area (Å²) in [5, 5.41) is 7.25. The molecule has 0 aliphatic carbocycles. The first-order valence-electron chi connectivity index (χ1n) is 7.34. The third kappa shape index (κ3) is 2.80. The summed E-state index contributed by atoms with van der Waals surface area (Å²) in [5.41, 5.74) is 4.19. The summed E-state index contributed by atoms with van der Waals surface area (Å²) in [4.78, 5) is 21.2. The number of hydrogen-bond donors (Lipinski definition) is 1. The minimum Gasteiger partial charge on any atom is -0.287 e. The summed E-state index contributed by atoms with van der Waals surface area (Å²) in [5.74, 6) is 0. The van der Waals surface area contributed by atoms with Crippen LogP contribution >= 0.6 is 11.3 Å². The Morgan fingerprint density at radius 1 is 1.17 bits per heavy atom. The van der Waals surface area contributed by atoms with Crippen LogP contribution in [0.25, 0.3) is 17.0 Å². The zero-order valence-electron chi connectivity index (χ0n) is 12.3. The van der Waals surface area contributed by atoms with Crippen molar-refractivity contribution < 1.29 is 0 Å². The highest BCUT2D eigenvalue weighted by atomic mass is 32.1. The van der Waals surface area contributed by atoms with Gasteiger partial charge < -0.3 is 0 Å². The Bertz CT molecular complexity index is 987. The van der Waals surface area contributed by atoms with Crippen LogP contribution in [0.3, 0.4) is 0 Å². The molecule has 0 aliphatic rings. The van der Waals surface area contributed by atoms with Crippen LogP contribution in [0.15, 0.2) is 58.1 Å². The molecule has 0 atom stereocenters. The summed E-state index contributed by atoms with van der Waals surface area (Å²) < 4.78 is 1.46.